The number of carbonyl (C=O) groups excluding carboxylic acids is 1. The Morgan fingerprint density at radius 2 is 2.38 bits per heavy atom. The first kappa shape index (κ1) is 8.75. The monoisotopic (exact) mass is 182 g/mol. The van der Waals surface area contributed by atoms with Gasteiger partial charge in [-0.25, -0.2) is 0 Å². The van der Waals surface area contributed by atoms with Crippen LogP contribution in [0.15, 0.2) is 11.8 Å². The molecule has 1 fully saturated rings. The Labute approximate surface area is 77.7 Å². The highest BCUT2D eigenvalue weighted by atomic mass is 16.7. The van der Waals surface area contributed by atoms with Crippen LogP contribution in [0, 0.1) is 0 Å². The van der Waals surface area contributed by atoms with Crippen LogP contribution < -0.4 is 0 Å². The van der Waals surface area contributed by atoms with E-state index in [0.29, 0.717) is 12.2 Å². The van der Waals surface area contributed by atoms with Crippen LogP contribution in [-0.4, -0.2) is 18.7 Å². The molecule has 1 atom stereocenters. The van der Waals surface area contributed by atoms with Crippen molar-refractivity contribution in [3.05, 3.63) is 11.8 Å². The maximum absolute atomic E-state index is 11.2. The molecule has 0 aromatic heterocycles. The molecule has 0 saturated carbocycles. The molecule has 0 bridgehead atoms. The van der Waals surface area contributed by atoms with Crippen LogP contribution in [0.4, 0.5) is 0 Å². The largest absolute Gasteiger partial charge is 0.462 e. The van der Waals surface area contributed by atoms with Crippen LogP contribution in [-0.2, 0) is 14.3 Å². The number of Topliss-reactive ketones (excluding diaryl/α,β-unsaturated/α-hetero) is 1. The minimum absolute atomic E-state index is 0.120. The Hall–Kier alpha value is -0.830. The second-order valence-corrected chi connectivity index (χ2v) is 3.44. The van der Waals surface area contributed by atoms with E-state index in [1.54, 1.807) is 0 Å². The maximum Gasteiger partial charge on any atom is 0.199 e. The third-order valence-electron chi connectivity index (χ3n) is 2.37. The zero-order chi connectivity index (χ0) is 9.10. The summed E-state index contributed by atoms with van der Waals surface area (Å²) in [6, 6.07) is 0. The van der Waals surface area contributed by atoms with Crippen molar-refractivity contribution in [2.24, 2.45) is 0 Å². The zero-order valence-electron chi connectivity index (χ0n) is 7.62. The van der Waals surface area contributed by atoms with Gasteiger partial charge in [-0.15, -0.1) is 0 Å². The number of carbonyl (C=O) groups is 1. The van der Waals surface area contributed by atoms with Crippen molar-refractivity contribution >= 4 is 5.78 Å². The summed E-state index contributed by atoms with van der Waals surface area (Å²) < 4.78 is 10.8. The topological polar surface area (TPSA) is 35.5 Å². The molecule has 0 aromatic rings. The van der Waals surface area contributed by atoms with Gasteiger partial charge >= 0.3 is 0 Å². The normalized spacial score (nSPS) is 28.8. The highest BCUT2D eigenvalue weighted by Crippen LogP contribution is 2.21. The van der Waals surface area contributed by atoms with E-state index >= 15 is 0 Å². The van der Waals surface area contributed by atoms with E-state index in [9.17, 15) is 4.79 Å². The predicted molar refractivity (Wildman–Crippen MR) is 47.0 cm³/mol. The van der Waals surface area contributed by atoms with E-state index < -0.39 is 0 Å². The zero-order valence-corrected chi connectivity index (χ0v) is 7.62. The fraction of sp³-hybridized carbons (Fsp3) is 0.700. The number of rotatable bonds is 2. The lowest BCUT2D eigenvalue weighted by molar-refractivity contribution is -0.148. The minimum Gasteiger partial charge on any atom is -0.462 e. The van der Waals surface area contributed by atoms with E-state index in [1.165, 1.54) is 0 Å². The fourth-order valence-electron chi connectivity index (χ4n) is 1.63. The highest BCUT2D eigenvalue weighted by molar-refractivity contribution is 5.95. The van der Waals surface area contributed by atoms with Crippen LogP contribution in [0.2, 0.25) is 0 Å². The van der Waals surface area contributed by atoms with E-state index in [2.05, 4.69) is 0 Å². The van der Waals surface area contributed by atoms with Crippen LogP contribution in [0.1, 0.15) is 32.1 Å². The van der Waals surface area contributed by atoms with Crippen LogP contribution >= 0.6 is 0 Å². The van der Waals surface area contributed by atoms with Gasteiger partial charge in [0.25, 0.3) is 0 Å². The molecule has 0 radical (unpaired) electrons. The molecule has 13 heavy (non-hydrogen) atoms. The molecule has 1 heterocycles. The number of ketones is 1. The van der Waals surface area contributed by atoms with Gasteiger partial charge in [0.05, 0.1) is 6.61 Å². The quantitative estimate of drug-likeness (QED) is 0.653. The second kappa shape index (κ2) is 3.92. The molecule has 1 saturated heterocycles. The lowest BCUT2D eigenvalue weighted by Gasteiger charge is -2.23. The lowest BCUT2D eigenvalue weighted by atomic mass is 10.2. The van der Waals surface area contributed by atoms with Gasteiger partial charge in [-0.3, -0.25) is 4.79 Å². The first-order valence-corrected chi connectivity index (χ1v) is 4.88. The SMILES string of the molecule is O=C1CCC=C1O[C@H]1CCCCO1. The minimum atomic E-state index is -0.179. The van der Waals surface area contributed by atoms with Crippen molar-refractivity contribution in [1.29, 1.82) is 0 Å². The van der Waals surface area contributed by atoms with Gasteiger partial charge in [-0.2, -0.15) is 0 Å². The van der Waals surface area contributed by atoms with E-state index in [0.717, 1.165) is 32.3 Å². The molecule has 1 aliphatic carbocycles. The first-order valence-electron chi connectivity index (χ1n) is 4.88. The Bertz CT molecular complexity index is 226. The summed E-state index contributed by atoms with van der Waals surface area (Å²) in [5.41, 5.74) is 0. The Kier molecular flexibility index (Phi) is 2.64. The van der Waals surface area contributed by atoms with Gasteiger partial charge < -0.3 is 9.47 Å². The van der Waals surface area contributed by atoms with Crippen LogP contribution in [0.3, 0.4) is 0 Å². The standard InChI is InChI=1S/C10H14O3/c11-8-4-3-5-9(8)13-10-6-1-2-7-12-10/h5,10H,1-4,6-7H2/t10-/m0/s1. The number of ether oxygens (including phenoxy) is 2. The summed E-state index contributed by atoms with van der Waals surface area (Å²) in [7, 11) is 0. The summed E-state index contributed by atoms with van der Waals surface area (Å²) in [5.74, 6) is 0.640. The molecule has 2 rings (SSSR count). The Balaban J connectivity index is 1.86. The van der Waals surface area contributed by atoms with E-state index in [-0.39, 0.29) is 12.1 Å². The fourth-order valence-corrected chi connectivity index (χ4v) is 1.63. The van der Waals surface area contributed by atoms with Gasteiger partial charge in [0.1, 0.15) is 0 Å². The maximum atomic E-state index is 11.2. The molecule has 0 aromatic carbocycles. The number of hydrogen-bond donors (Lipinski definition) is 0. The van der Waals surface area contributed by atoms with Crippen molar-refractivity contribution in [2.75, 3.05) is 6.61 Å². The molecule has 72 valence electrons. The van der Waals surface area contributed by atoms with Gasteiger partial charge in [0.15, 0.2) is 17.8 Å². The summed E-state index contributed by atoms with van der Waals surface area (Å²) in [6.45, 7) is 0.756. The molecule has 3 heteroatoms. The van der Waals surface area contributed by atoms with Crippen molar-refractivity contribution in [1.82, 2.24) is 0 Å². The molecule has 0 N–H and O–H groups in total. The van der Waals surface area contributed by atoms with Crippen molar-refractivity contribution in [3.63, 3.8) is 0 Å². The average molecular weight is 182 g/mol. The van der Waals surface area contributed by atoms with Crippen LogP contribution in [0.25, 0.3) is 0 Å². The summed E-state index contributed by atoms with van der Waals surface area (Å²) in [4.78, 5) is 11.2. The lowest BCUT2D eigenvalue weighted by Crippen LogP contribution is -2.23. The molecular weight excluding hydrogens is 168 g/mol. The molecule has 0 amide bonds. The predicted octanol–water partition coefficient (Wildman–Crippen LogP) is 1.78. The van der Waals surface area contributed by atoms with Gasteiger partial charge in [-0.05, 0) is 25.3 Å². The molecule has 1 aliphatic heterocycles. The molecule has 2 aliphatic rings. The molecular formula is C10H14O3. The van der Waals surface area contributed by atoms with Crippen LogP contribution in [0.5, 0.6) is 0 Å². The van der Waals surface area contributed by atoms with Crippen molar-refractivity contribution < 1.29 is 14.3 Å². The second-order valence-electron chi connectivity index (χ2n) is 3.44. The molecule has 0 spiro atoms. The van der Waals surface area contributed by atoms with Crippen molar-refractivity contribution in [3.8, 4) is 0 Å². The summed E-state index contributed by atoms with van der Waals surface area (Å²) in [5, 5.41) is 0. The van der Waals surface area contributed by atoms with E-state index in [4.69, 9.17) is 9.47 Å². The molecule has 0 unspecified atom stereocenters. The Morgan fingerprint density at radius 1 is 1.46 bits per heavy atom. The third-order valence-corrected chi connectivity index (χ3v) is 2.37. The van der Waals surface area contributed by atoms with Gasteiger partial charge in [0, 0.05) is 12.8 Å². The number of hydrogen-bond acceptors (Lipinski definition) is 3. The summed E-state index contributed by atoms with van der Waals surface area (Å²) >= 11 is 0. The van der Waals surface area contributed by atoms with E-state index in [1.807, 2.05) is 6.08 Å². The van der Waals surface area contributed by atoms with Gasteiger partial charge in [-0.1, -0.05) is 0 Å². The Morgan fingerprint density at radius 3 is 3.00 bits per heavy atom. The van der Waals surface area contributed by atoms with Crippen molar-refractivity contribution in [2.45, 2.75) is 38.4 Å². The average Bonchev–Trinajstić information content (AvgIpc) is 2.54. The third kappa shape index (κ3) is 2.10. The molecule has 3 nitrogen and oxygen atoms in total. The highest BCUT2D eigenvalue weighted by Gasteiger charge is 2.22. The van der Waals surface area contributed by atoms with Gasteiger partial charge in [0.2, 0.25) is 0 Å². The number of allylic oxidation sites excluding steroid dienone is 2. The smallest absolute Gasteiger partial charge is 0.199 e. The first-order chi connectivity index (χ1) is 6.36. The summed E-state index contributed by atoms with van der Waals surface area (Å²) in [6.07, 6.45) is 6.24.